The van der Waals surface area contributed by atoms with Crippen LogP contribution in [0.1, 0.15) is 26.2 Å². The van der Waals surface area contributed by atoms with Crippen LogP contribution in [-0.4, -0.2) is 29.6 Å². The van der Waals surface area contributed by atoms with Crippen molar-refractivity contribution in [3.63, 3.8) is 0 Å². The molecule has 1 nitrogen and oxygen atoms in total. The Hall–Kier alpha value is 0.310. The molecule has 0 spiro atoms. The van der Waals surface area contributed by atoms with Gasteiger partial charge < -0.3 is 0 Å². The molecule has 0 saturated carbocycles. The van der Waals surface area contributed by atoms with Crippen LogP contribution in [0.5, 0.6) is 0 Å². The first kappa shape index (κ1) is 8.41. The second-order valence-electron chi connectivity index (χ2n) is 2.86. The van der Waals surface area contributed by atoms with Crippen LogP contribution in [0.25, 0.3) is 0 Å². The Morgan fingerprint density at radius 1 is 1.40 bits per heavy atom. The first-order chi connectivity index (χ1) is 4.93. The number of thioether (sulfide) groups is 1. The Kier molecular flexibility index (Phi) is 4.23. The summed E-state index contributed by atoms with van der Waals surface area (Å²) in [5.74, 6) is 2.63. The van der Waals surface area contributed by atoms with Crippen LogP contribution in [0.2, 0.25) is 0 Å². The van der Waals surface area contributed by atoms with E-state index in [9.17, 15) is 0 Å². The number of nitrogens with zero attached hydrogens (tertiary/aromatic N) is 1. The van der Waals surface area contributed by atoms with E-state index in [-0.39, 0.29) is 0 Å². The van der Waals surface area contributed by atoms with Gasteiger partial charge in [0.05, 0.1) is 0 Å². The van der Waals surface area contributed by atoms with E-state index in [2.05, 4.69) is 23.6 Å². The zero-order chi connectivity index (χ0) is 7.23. The fourth-order valence-electron chi connectivity index (χ4n) is 1.21. The number of unbranched alkanes of at least 4 members (excludes halogenated alkanes) is 2. The van der Waals surface area contributed by atoms with Crippen molar-refractivity contribution < 1.29 is 0 Å². The highest BCUT2D eigenvalue weighted by molar-refractivity contribution is 7.99. The first-order valence-corrected chi connectivity index (χ1v) is 5.39. The number of rotatable bonds is 4. The van der Waals surface area contributed by atoms with Gasteiger partial charge >= 0.3 is 0 Å². The van der Waals surface area contributed by atoms with Gasteiger partial charge in [0.1, 0.15) is 0 Å². The molecule has 1 fully saturated rings. The second-order valence-corrected chi connectivity index (χ2v) is 3.94. The molecule has 1 saturated heterocycles. The fraction of sp³-hybridized carbons (Fsp3) is 1.00. The van der Waals surface area contributed by atoms with Gasteiger partial charge in [0.2, 0.25) is 0 Å². The minimum Gasteiger partial charge on any atom is -0.293 e. The summed E-state index contributed by atoms with van der Waals surface area (Å²) < 4.78 is 0. The average Bonchev–Trinajstić information content (AvgIpc) is 2.41. The Morgan fingerprint density at radius 3 is 2.90 bits per heavy atom. The van der Waals surface area contributed by atoms with E-state index in [1.54, 1.807) is 0 Å². The van der Waals surface area contributed by atoms with Gasteiger partial charge in [0.15, 0.2) is 0 Å². The molecule has 10 heavy (non-hydrogen) atoms. The Bertz CT molecular complexity index is 79.3. The van der Waals surface area contributed by atoms with Crippen molar-refractivity contribution in [3.8, 4) is 0 Å². The summed E-state index contributed by atoms with van der Waals surface area (Å²) in [4.78, 5) is 2.56. The quantitative estimate of drug-likeness (QED) is 0.578. The first-order valence-electron chi connectivity index (χ1n) is 4.23. The highest BCUT2D eigenvalue weighted by Crippen LogP contribution is 2.13. The Balaban J connectivity index is 1.91. The van der Waals surface area contributed by atoms with Crippen molar-refractivity contribution >= 4 is 11.8 Å². The molecule has 0 aromatic heterocycles. The maximum atomic E-state index is 2.56. The maximum Gasteiger partial charge on any atom is 0.0445 e. The average molecular weight is 159 g/mol. The van der Waals surface area contributed by atoms with Crippen molar-refractivity contribution in [1.82, 2.24) is 4.90 Å². The normalized spacial score (nSPS) is 20.1. The molecule has 0 aromatic carbocycles. The van der Waals surface area contributed by atoms with E-state index in [1.165, 1.54) is 44.0 Å². The standard InChI is InChI=1S/C8H17NS/c1-2-3-4-5-9-6-7-10-8-9/h2-8H2,1H3. The van der Waals surface area contributed by atoms with Crippen molar-refractivity contribution in [3.05, 3.63) is 0 Å². The molecule has 1 heterocycles. The molecule has 60 valence electrons. The van der Waals surface area contributed by atoms with Gasteiger partial charge in [-0.15, -0.1) is 11.8 Å². The third-order valence-electron chi connectivity index (χ3n) is 1.90. The van der Waals surface area contributed by atoms with E-state index in [0.717, 1.165) is 0 Å². The van der Waals surface area contributed by atoms with Crippen LogP contribution in [0.4, 0.5) is 0 Å². The topological polar surface area (TPSA) is 3.24 Å². The lowest BCUT2D eigenvalue weighted by atomic mass is 10.2. The summed E-state index contributed by atoms with van der Waals surface area (Å²) in [7, 11) is 0. The minimum atomic E-state index is 1.28. The molecule has 0 bridgehead atoms. The zero-order valence-electron chi connectivity index (χ0n) is 6.81. The van der Waals surface area contributed by atoms with Gasteiger partial charge in [-0.25, -0.2) is 0 Å². The van der Waals surface area contributed by atoms with Crippen LogP contribution in [0, 0.1) is 0 Å². The monoisotopic (exact) mass is 159 g/mol. The summed E-state index contributed by atoms with van der Waals surface area (Å²) in [6.07, 6.45) is 4.15. The van der Waals surface area contributed by atoms with E-state index in [1.807, 2.05) is 0 Å². The lowest BCUT2D eigenvalue weighted by molar-refractivity contribution is 0.345. The summed E-state index contributed by atoms with van der Waals surface area (Å²) in [5.41, 5.74) is 0. The molecule has 1 aliphatic heterocycles. The lowest BCUT2D eigenvalue weighted by Gasteiger charge is -2.12. The third-order valence-corrected chi connectivity index (χ3v) is 2.92. The summed E-state index contributed by atoms with van der Waals surface area (Å²) in [5, 5.41) is 0. The SMILES string of the molecule is CCCCCN1CCSC1. The molecule has 0 aromatic rings. The lowest BCUT2D eigenvalue weighted by Crippen LogP contribution is -2.20. The molecule has 0 N–H and O–H groups in total. The van der Waals surface area contributed by atoms with Crippen molar-refractivity contribution in [2.75, 3.05) is 24.7 Å². The molecule has 0 aliphatic carbocycles. The van der Waals surface area contributed by atoms with Crippen molar-refractivity contribution in [1.29, 1.82) is 0 Å². The molecule has 2 heteroatoms. The number of hydrogen-bond acceptors (Lipinski definition) is 2. The van der Waals surface area contributed by atoms with Gasteiger partial charge in [-0.05, 0) is 13.0 Å². The molecular formula is C8H17NS. The van der Waals surface area contributed by atoms with E-state index >= 15 is 0 Å². The Morgan fingerprint density at radius 2 is 2.30 bits per heavy atom. The van der Waals surface area contributed by atoms with Crippen molar-refractivity contribution in [2.24, 2.45) is 0 Å². The maximum absolute atomic E-state index is 2.56. The third kappa shape index (κ3) is 2.93. The molecule has 0 atom stereocenters. The van der Waals surface area contributed by atoms with E-state index in [4.69, 9.17) is 0 Å². The summed E-state index contributed by atoms with van der Waals surface area (Å²) in [6, 6.07) is 0. The summed E-state index contributed by atoms with van der Waals surface area (Å²) in [6.45, 7) is 4.92. The van der Waals surface area contributed by atoms with E-state index in [0.29, 0.717) is 0 Å². The molecule has 0 radical (unpaired) electrons. The van der Waals surface area contributed by atoms with Crippen LogP contribution in [0.3, 0.4) is 0 Å². The summed E-state index contributed by atoms with van der Waals surface area (Å²) >= 11 is 2.07. The van der Waals surface area contributed by atoms with Gasteiger partial charge in [-0.3, -0.25) is 4.90 Å². The largest absolute Gasteiger partial charge is 0.293 e. The predicted molar refractivity (Wildman–Crippen MR) is 48.4 cm³/mol. The number of hydrogen-bond donors (Lipinski definition) is 0. The van der Waals surface area contributed by atoms with Crippen LogP contribution < -0.4 is 0 Å². The predicted octanol–water partition coefficient (Wildman–Crippen LogP) is 2.18. The zero-order valence-corrected chi connectivity index (χ0v) is 7.62. The molecule has 1 aliphatic rings. The van der Waals surface area contributed by atoms with Gasteiger partial charge in [-0.1, -0.05) is 19.8 Å². The van der Waals surface area contributed by atoms with Crippen molar-refractivity contribution in [2.45, 2.75) is 26.2 Å². The van der Waals surface area contributed by atoms with Crippen LogP contribution in [0.15, 0.2) is 0 Å². The molecule has 0 unspecified atom stereocenters. The van der Waals surface area contributed by atoms with Crippen LogP contribution in [-0.2, 0) is 0 Å². The second kappa shape index (κ2) is 5.03. The smallest absolute Gasteiger partial charge is 0.0445 e. The molecule has 0 amide bonds. The fourth-order valence-corrected chi connectivity index (χ4v) is 2.25. The van der Waals surface area contributed by atoms with Crippen LogP contribution >= 0.6 is 11.8 Å². The van der Waals surface area contributed by atoms with Gasteiger partial charge in [0.25, 0.3) is 0 Å². The minimum absolute atomic E-state index is 1.28. The van der Waals surface area contributed by atoms with Gasteiger partial charge in [0, 0.05) is 18.2 Å². The highest BCUT2D eigenvalue weighted by Gasteiger charge is 2.09. The Labute approximate surface area is 68.2 Å². The van der Waals surface area contributed by atoms with E-state index < -0.39 is 0 Å². The molecular weight excluding hydrogens is 142 g/mol. The highest BCUT2D eigenvalue weighted by atomic mass is 32.2. The van der Waals surface area contributed by atoms with Gasteiger partial charge in [-0.2, -0.15) is 0 Å². The molecule has 1 rings (SSSR count).